The van der Waals surface area contributed by atoms with Crippen LogP contribution < -0.4 is 14.8 Å². The lowest BCUT2D eigenvalue weighted by Gasteiger charge is -2.11. The van der Waals surface area contributed by atoms with E-state index in [2.05, 4.69) is 10.4 Å². The Labute approximate surface area is 121 Å². The van der Waals surface area contributed by atoms with Crippen molar-refractivity contribution in [2.45, 2.75) is 6.54 Å². The fourth-order valence-electron chi connectivity index (χ4n) is 1.92. The normalized spacial score (nSPS) is 10.2. The summed E-state index contributed by atoms with van der Waals surface area (Å²) < 4.78 is 11.9. The van der Waals surface area contributed by atoms with Gasteiger partial charge in [-0.25, -0.2) is 0 Å². The average molecular weight is 292 g/mol. The van der Waals surface area contributed by atoms with Gasteiger partial charge in [-0.2, -0.15) is 5.10 Å². The summed E-state index contributed by atoms with van der Waals surface area (Å²) in [5.41, 5.74) is 1.21. The third kappa shape index (κ3) is 3.22. The van der Waals surface area contributed by atoms with E-state index in [1.807, 2.05) is 13.2 Å². The largest absolute Gasteiger partial charge is 0.493 e. The molecular formula is C13H16N4O4. The van der Waals surface area contributed by atoms with Gasteiger partial charge in [0.2, 0.25) is 0 Å². The van der Waals surface area contributed by atoms with E-state index in [-0.39, 0.29) is 5.69 Å². The van der Waals surface area contributed by atoms with Crippen LogP contribution in [0.25, 0.3) is 0 Å². The number of anilines is 1. The van der Waals surface area contributed by atoms with Crippen LogP contribution in [0.4, 0.5) is 11.4 Å². The number of nitro groups is 1. The van der Waals surface area contributed by atoms with Crippen molar-refractivity contribution in [1.29, 1.82) is 0 Å². The Morgan fingerprint density at radius 1 is 1.33 bits per heavy atom. The first-order valence-corrected chi connectivity index (χ1v) is 6.17. The van der Waals surface area contributed by atoms with E-state index >= 15 is 0 Å². The third-order valence-corrected chi connectivity index (χ3v) is 2.94. The van der Waals surface area contributed by atoms with E-state index in [1.165, 1.54) is 20.3 Å². The number of methoxy groups -OCH3 is 2. The number of ether oxygens (including phenoxy) is 2. The molecule has 0 aliphatic carbocycles. The Morgan fingerprint density at radius 3 is 2.52 bits per heavy atom. The van der Waals surface area contributed by atoms with E-state index < -0.39 is 4.92 Å². The molecule has 1 aromatic heterocycles. The second kappa shape index (κ2) is 6.12. The highest BCUT2D eigenvalue weighted by Gasteiger charge is 2.19. The minimum Gasteiger partial charge on any atom is -0.493 e. The number of nitro benzene ring substituents is 1. The predicted octanol–water partition coefficient (Wildman–Crippen LogP) is 1.96. The Bertz CT molecular complexity index is 654. The van der Waals surface area contributed by atoms with E-state index in [1.54, 1.807) is 16.9 Å². The zero-order valence-corrected chi connectivity index (χ0v) is 12.0. The van der Waals surface area contributed by atoms with Gasteiger partial charge >= 0.3 is 0 Å². The van der Waals surface area contributed by atoms with Crippen LogP contribution in [0, 0.1) is 10.1 Å². The van der Waals surface area contributed by atoms with Gasteiger partial charge in [0.05, 0.1) is 31.4 Å². The fraction of sp³-hybridized carbons (Fsp3) is 0.308. The first-order chi connectivity index (χ1) is 10.0. The van der Waals surface area contributed by atoms with Gasteiger partial charge in [0.25, 0.3) is 5.69 Å². The smallest absolute Gasteiger partial charge is 0.296 e. The molecule has 0 aliphatic heterocycles. The SMILES string of the molecule is COc1cc(NCc2cnn(C)c2)c([N+](=O)[O-])cc1OC. The number of nitrogens with zero attached hydrogens (tertiary/aromatic N) is 3. The van der Waals surface area contributed by atoms with Crippen LogP contribution in [-0.2, 0) is 13.6 Å². The molecule has 21 heavy (non-hydrogen) atoms. The molecule has 0 atom stereocenters. The van der Waals surface area contributed by atoms with Crippen LogP contribution in [0.15, 0.2) is 24.5 Å². The molecule has 1 N–H and O–H groups in total. The number of aromatic nitrogens is 2. The van der Waals surface area contributed by atoms with Crippen molar-refractivity contribution in [3.8, 4) is 11.5 Å². The Balaban J connectivity index is 2.29. The lowest BCUT2D eigenvalue weighted by atomic mass is 10.2. The van der Waals surface area contributed by atoms with Gasteiger partial charge < -0.3 is 14.8 Å². The van der Waals surface area contributed by atoms with Crippen molar-refractivity contribution in [2.24, 2.45) is 7.05 Å². The van der Waals surface area contributed by atoms with Crippen molar-refractivity contribution in [3.05, 3.63) is 40.2 Å². The Morgan fingerprint density at radius 2 is 2.00 bits per heavy atom. The summed E-state index contributed by atoms with van der Waals surface area (Å²) in [6.45, 7) is 0.421. The molecule has 1 aromatic carbocycles. The van der Waals surface area contributed by atoms with Gasteiger partial charge in [-0.15, -0.1) is 0 Å². The number of hydrogen-bond donors (Lipinski definition) is 1. The van der Waals surface area contributed by atoms with Gasteiger partial charge in [0.15, 0.2) is 11.5 Å². The molecule has 0 spiro atoms. The van der Waals surface area contributed by atoms with E-state index in [4.69, 9.17) is 9.47 Å². The zero-order valence-electron chi connectivity index (χ0n) is 12.0. The number of rotatable bonds is 6. The average Bonchev–Trinajstić information content (AvgIpc) is 2.89. The summed E-state index contributed by atoms with van der Waals surface area (Å²) >= 11 is 0. The van der Waals surface area contributed by atoms with Gasteiger partial charge in [0, 0.05) is 31.4 Å². The van der Waals surface area contributed by atoms with Crippen LogP contribution in [0.2, 0.25) is 0 Å². The predicted molar refractivity (Wildman–Crippen MR) is 76.7 cm³/mol. The van der Waals surface area contributed by atoms with Crippen LogP contribution >= 0.6 is 0 Å². The van der Waals surface area contributed by atoms with Gasteiger partial charge in [-0.1, -0.05) is 0 Å². The van der Waals surface area contributed by atoms with Crippen molar-refractivity contribution in [1.82, 2.24) is 9.78 Å². The van der Waals surface area contributed by atoms with E-state index in [0.29, 0.717) is 23.7 Å². The second-order valence-corrected chi connectivity index (χ2v) is 4.36. The monoisotopic (exact) mass is 292 g/mol. The summed E-state index contributed by atoms with van der Waals surface area (Å²) in [5.74, 6) is 0.743. The molecule has 2 rings (SSSR count). The number of benzene rings is 1. The molecule has 8 heteroatoms. The number of nitrogens with one attached hydrogen (secondary N) is 1. The highest BCUT2D eigenvalue weighted by atomic mass is 16.6. The minimum atomic E-state index is -0.465. The fourth-order valence-corrected chi connectivity index (χ4v) is 1.92. The molecule has 0 bridgehead atoms. The topological polar surface area (TPSA) is 91.5 Å². The summed E-state index contributed by atoms with van der Waals surface area (Å²) in [5, 5.41) is 18.2. The highest BCUT2D eigenvalue weighted by molar-refractivity contribution is 5.68. The Kier molecular flexibility index (Phi) is 4.27. The molecule has 0 aliphatic rings. The molecule has 0 saturated heterocycles. The number of hydrogen-bond acceptors (Lipinski definition) is 6. The standard InChI is InChI=1S/C13H16N4O4/c1-16-8-9(7-15-16)6-14-10-4-12(20-2)13(21-3)5-11(10)17(18)19/h4-5,7-8,14H,6H2,1-3H3. The first-order valence-electron chi connectivity index (χ1n) is 6.17. The Hall–Kier alpha value is -2.77. The van der Waals surface area contributed by atoms with Gasteiger partial charge in [0.1, 0.15) is 5.69 Å². The van der Waals surface area contributed by atoms with Crippen molar-refractivity contribution in [3.63, 3.8) is 0 Å². The zero-order chi connectivity index (χ0) is 15.4. The third-order valence-electron chi connectivity index (χ3n) is 2.94. The first kappa shape index (κ1) is 14.6. The van der Waals surface area contributed by atoms with Gasteiger partial charge in [-0.05, 0) is 0 Å². The molecule has 8 nitrogen and oxygen atoms in total. The summed E-state index contributed by atoms with van der Waals surface area (Å²) in [7, 11) is 4.72. The summed E-state index contributed by atoms with van der Waals surface area (Å²) in [6, 6.07) is 2.89. The van der Waals surface area contributed by atoms with Crippen molar-refractivity contribution < 1.29 is 14.4 Å². The quantitative estimate of drug-likeness (QED) is 0.646. The maximum absolute atomic E-state index is 11.2. The maximum atomic E-state index is 11.2. The van der Waals surface area contributed by atoms with Crippen LogP contribution in [-0.4, -0.2) is 28.9 Å². The summed E-state index contributed by atoms with van der Waals surface area (Å²) in [4.78, 5) is 10.7. The van der Waals surface area contributed by atoms with Crippen molar-refractivity contribution in [2.75, 3.05) is 19.5 Å². The molecule has 0 saturated carbocycles. The van der Waals surface area contributed by atoms with E-state index in [9.17, 15) is 10.1 Å². The van der Waals surface area contributed by atoms with Gasteiger partial charge in [-0.3, -0.25) is 14.8 Å². The van der Waals surface area contributed by atoms with Crippen LogP contribution in [0.5, 0.6) is 11.5 Å². The summed E-state index contributed by atoms with van der Waals surface area (Å²) in [6.07, 6.45) is 3.53. The maximum Gasteiger partial charge on any atom is 0.296 e. The second-order valence-electron chi connectivity index (χ2n) is 4.36. The van der Waals surface area contributed by atoms with E-state index in [0.717, 1.165) is 5.56 Å². The molecule has 0 radical (unpaired) electrons. The van der Waals surface area contributed by atoms with Crippen LogP contribution in [0.3, 0.4) is 0 Å². The van der Waals surface area contributed by atoms with Crippen molar-refractivity contribution >= 4 is 11.4 Å². The lowest BCUT2D eigenvalue weighted by Crippen LogP contribution is -2.03. The molecule has 0 unspecified atom stereocenters. The molecule has 0 fully saturated rings. The molecule has 2 aromatic rings. The molecular weight excluding hydrogens is 276 g/mol. The molecule has 1 heterocycles. The minimum absolute atomic E-state index is 0.0726. The molecule has 0 amide bonds. The lowest BCUT2D eigenvalue weighted by molar-refractivity contribution is -0.384. The highest BCUT2D eigenvalue weighted by Crippen LogP contribution is 2.37. The number of aryl methyl sites for hydroxylation is 1. The van der Waals surface area contributed by atoms with Crippen LogP contribution in [0.1, 0.15) is 5.56 Å². The molecule has 112 valence electrons.